The molecule has 0 aliphatic carbocycles. The highest BCUT2D eigenvalue weighted by Crippen LogP contribution is 2.28. The third-order valence-corrected chi connectivity index (χ3v) is 4.70. The van der Waals surface area contributed by atoms with Crippen LogP contribution in [-0.2, 0) is 9.53 Å². The van der Waals surface area contributed by atoms with Crippen molar-refractivity contribution < 1.29 is 9.53 Å². The normalized spacial score (nSPS) is 16.1. The van der Waals surface area contributed by atoms with E-state index in [0.29, 0.717) is 12.1 Å². The van der Waals surface area contributed by atoms with Crippen LogP contribution in [0.1, 0.15) is 53.0 Å². The van der Waals surface area contributed by atoms with Crippen molar-refractivity contribution in [2.24, 2.45) is 4.99 Å². The molecule has 152 valence electrons. The van der Waals surface area contributed by atoms with Crippen LogP contribution >= 0.6 is 12.6 Å². The highest BCUT2D eigenvalue weighted by atomic mass is 32.1. The lowest BCUT2D eigenvalue weighted by Crippen LogP contribution is -2.35. The molecular formula is C24H33NO2S. The number of rotatable bonds is 9. The van der Waals surface area contributed by atoms with Crippen molar-refractivity contribution in [1.82, 2.24) is 0 Å². The zero-order valence-corrected chi connectivity index (χ0v) is 18.6. The molecule has 3 nitrogen and oxygen atoms in total. The van der Waals surface area contributed by atoms with Gasteiger partial charge in [0.25, 0.3) is 0 Å². The van der Waals surface area contributed by atoms with Gasteiger partial charge in [0, 0.05) is 10.3 Å². The summed E-state index contributed by atoms with van der Waals surface area (Å²) < 4.78 is 5.31. The van der Waals surface area contributed by atoms with Crippen molar-refractivity contribution in [1.29, 1.82) is 0 Å². The number of nitrogens with zero attached hydrogens (tertiary/aromatic N) is 1. The van der Waals surface area contributed by atoms with Crippen molar-refractivity contribution >= 4 is 24.3 Å². The van der Waals surface area contributed by atoms with Gasteiger partial charge in [0.15, 0.2) is 0 Å². The molecular weight excluding hydrogens is 366 g/mol. The fourth-order valence-corrected chi connectivity index (χ4v) is 2.72. The summed E-state index contributed by atoms with van der Waals surface area (Å²) in [6.07, 6.45) is 6.52. The number of hydrogen-bond acceptors (Lipinski definition) is 4. The van der Waals surface area contributed by atoms with Gasteiger partial charge in [0.1, 0.15) is 11.6 Å². The van der Waals surface area contributed by atoms with Gasteiger partial charge in [-0.05, 0) is 39.2 Å². The molecule has 0 spiro atoms. The summed E-state index contributed by atoms with van der Waals surface area (Å²) in [5.74, 6) is -0.350. The summed E-state index contributed by atoms with van der Waals surface area (Å²) in [6, 6.07) is 9.08. The Balaban J connectivity index is 3.52. The quantitative estimate of drug-likeness (QED) is 0.240. The van der Waals surface area contributed by atoms with E-state index in [1.807, 2.05) is 71.0 Å². The van der Waals surface area contributed by atoms with Gasteiger partial charge in [0.05, 0.1) is 5.71 Å². The highest BCUT2D eigenvalue weighted by molar-refractivity contribution is 7.81. The van der Waals surface area contributed by atoms with E-state index in [-0.39, 0.29) is 10.7 Å². The second kappa shape index (κ2) is 10.5. The van der Waals surface area contributed by atoms with Gasteiger partial charge >= 0.3 is 5.97 Å². The zero-order valence-electron chi connectivity index (χ0n) is 17.7. The van der Waals surface area contributed by atoms with E-state index in [4.69, 9.17) is 22.4 Å². The van der Waals surface area contributed by atoms with Crippen molar-refractivity contribution in [3.8, 4) is 0 Å². The molecule has 28 heavy (non-hydrogen) atoms. The Labute approximate surface area is 175 Å². The third kappa shape index (κ3) is 7.89. The Morgan fingerprint density at radius 2 is 1.82 bits per heavy atom. The summed E-state index contributed by atoms with van der Waals surface area (Å²) in [4.78, 5) is 17.8. The van der Waals surface area contributed by atoms with E-state index >= 15 is 0 Å². The smallest absolute Gasteiger partial charge is 0.331 e. The van der Waals surface area contributed by atoms with Crippen molar-refractivity contribution in [3.05, 3.63) is 72.9 Å². The van der Waals surface area contributed by atoms with E-state index in [0.717, 1.165) is 17.6 Å². The molecule has 2 atom stereocenters. The predicted octanol–water partition coefficient (Wildman–Crippen LogP) is 5.97. The van der Waals surface area contributed by atoms with Crippen LogP contribution in [0, 0.1) is 0 Å². The Hall–Kier alpha value is -2.07. The topological polar surface area (TPSA) is 38.7 Å². The molecule has 0 heterocycles. The molecule has 0 N–H and O–H groups in total. The number of allylic oxidation sites excluding steroid dienone is 4. The summed E-state index contributed by atoms with van der Waals surface area (Å²) >= 11 is 4.73. The second-order valence-electron chi connectivity index (χ2n) is 8.01. The van der Waals surface area contributed by atoms with E-state index in [2.05, 4.69) is 13.2 Å². The first kappa shape index (κ1) is 24.0. The molecule has 0 bridgehead atoms. The van der Waals surface area contributed by atoms with Gasteiger partial charge in [0.2, 0.25) is 0 Å². The standard InChI is InChI=1S/C24H33NO2S/c1-8-14-18(9-2)21(19-15-12-11-13-16-19)25-20(17-24(7,28)10-3)22(26)27-23(4,5)6/h8-9,11-16,20,28H,1-2,10,17H2,3-7H3/b18-14+,25-21?. The number of carbonyl (C=O) groups excluding carboxylic acids is 1. The van der Waals surface area contributed by atoms with Gasteiger partial charge in [-0.1, -0.05) is 75.6 Å². The van der Waals surface area contributed by atoms with Gasteiger partial charge in [-0.15, -0.1) is 0 Å². The predicted molar refractivity (Wildman–Crippen MR) is 123 cm³/mol. The number of esters is 1. The molecule has 0 aliphatic rings. The Bertz CT molecular complexity index is 740. The fourth-order valence-electron chi connectivity index (χ4n) is 2.55. The molecule has 0 amide bonds. The van der Waals surface area contributed by atoms with Crippen LogP contribution in [0.3, 0.4) is 0 Å². The molecule has 0 saturated heterocycles. The molecule has 4 heteroatoms. The van der Waals surface area contributed by atoms with E-state index in [9.17, 15) is 4.79 Å². The van der Waals surface area contributed by atoms with Crippen LogP contribution in [0.15, 0.2) is 72.3 Å². The Morgan fingerprint density at radius 3 is 2.29 bits per heavy atom. The molecule has 1 aromatic carbocycles. The van der Waals surface area contributed by atoms with Crippen molar-refractivity contribution in [3.63, 3.8) is 0 Å². The molecule has 1 aromatic rings. The number of carbonyl (C=O) groups is 1. The highest BCUT2D eigenvalue weighted by Gasteiger charge is 2.31. The van der Waals surface area contributed by atoms with Crippen LogP contribution < -0.4 is 0 Å². The van der Waals surface area contributed by atoms with Crippen molar-refractivity contribution in [2.45, 2.75) is 63.9 Å². The average molecular weight is 400 g/mol. The molecule has 2 unspecified atom stereocenters. The molecule has 0 saturated carbocycles. The summed E-state index contributed by atoms with van der Waals surface area (Å²) in [7, 11) is 0. The van der Waals surface area contributed by atoms with Gasteiger partial charge < -0.3 is 4.74 Å². The average Bonchev–Trinajstić information content (AvgIpc) is 2.62. The third-order valence-electron chi connectivity index (χ3n) is 4.20. The lowest BCUT2D eigenvalue weighted by atomic mass is 9.96. The van der Waals surface area contributed by atoms with Crippen LogP contribution in [0.25, 0.3) is 0 Å². The molecule has 0 aromatic heterocycles. The van der Waals surface area contributed by atoms with E-state index in [1.54, 1.807) is 12.2 Å². The maximum absolute atomic E-state index is 13.0. The lowest BCUT2D eigenvalue weighted by Gasteiger charge is -2.28. The molecule has 0 fully saturated rings. The summed E-state index contributed by atoms with van der Waals surface area (Å²) in [5.41, 5.74) is 1.80. The zero-order chi connectivity index (χ0) is 21.4. The second-order valence-corrected chi connectivity index (χ2v) is 9.09. The number of hydrogen-bond donors (Lipinski definition) is 1. The number of benzene rings is 1. The van der Waals surface area contributed by atoms with Crippen LogP contribution in [0.4, 0.5) is 0 Å². The van der Waals surface area contributed by atoms with Crippen LogP contribution in [0.5, 0.6) is 0 Å². The Morgan fingerprint density at radius 1 is 1.21 bits per heavy atom. The molecule has 0 aliphatic heterocycles. The minimum Gasteiger partial charge on any atom is -0.458 e. The van der Waals surface area contributed by atoms with E-state index < -0.39 is 11.6 Å². The monoisotopic (exact) mass is 399 g/mol. The first-order valence-electron chi connectivity index (χ1n) is 9.57. The van der Waals surface area contributed by atoms with Gasteiger partial charge in [-0.3, -0.25) is 4.99 Å². The maximum atomic E-state index is 13.0. The fraction of sp³-hybridized carbons (Fsp3) is 0.417. The van der Waals surface area contributed by atoms with Crippen molar-refractivity contribution in [2.75, 3.05) is 0 Å². The number of thiol groups is 1. The van der Waals surface area contributed by atoms with Crippen LogP contribution in [0.2, 0.25) is 0 Å². The Kier molecular flexibility index (Phi) is 8.96. The summed E-state index contributed by atoms with van der Waals surface area (Å²) in [5, 5.41) is 0. The largest absolute Gasteiger partial charge is 0.458 e. The summed E-state index contributed by atoms with van der Waals surface area (Å²) in [6.45, 7) is 17.3. The molecule has 0 radical (unpaired) electrons. The lowest BCUT2D eigenvalue weighted by molar-refractivity contribution is -0.156. The number of ether oxygens (including phenoxy) is 1. The van der Waals surface area contributed by atoms with E-state index in [1.165, 1.54) is 0 Å². The minimum atomic E-state index is -0.676. The molecule has 1 rings (SSSR count). The van der Waals surface area contributed by atoms with Gasteiger partial charge in [-0.2, -0.15) is 12.6 Å². The first-order chi connectivity index (χ1) is 13.0. The first-order valence-corrected chi connectivity index (χ1v) is 10.0. The maximum Gasteiger partial charge on any atom is 0.331 e. The van der Waals surface area contributed by atoms with Gasteiger partial charge in [-0.25, -0.2) is 4.79 Å². The van der Waals surface area contributed by atoms with Crippen LogP contribution in [-0.4, -0.2) is 28.1 Å². The number of aliphatic imine (C=N–C) groups is 1. The SMILES string of the molecule is C=C/C=C(\C=C)C(=NC(CC(C)(S)CC)C(=O)OC(C)(C)C)c1ccccc1. The minimum absolute atomic E-state index is 0.344.